The van der Waals surface area contributed by atoms with E-state index in [1.165, 1.54) is 0 Å². The van der Waals surface area contributed by atoms with E-state index in [4.69, 9.17) is 5.11 Å². The average Bonchev–Trinajstić information content (AvgIpc) is 3.04. The molecule has 2 N–H and O–H groups in total. The number of aliphatic carboxylic acids is 1. The van der Waals surface area contributed by atoms with Crippen molar-refractivity contribution < 1.29 is 28.0 Å². The van der Waals surface area contributed by atoms with Crippen LogP contribution in [0.2, 0.25) is 0 Å². The number of hydrogen-bond acceptors (Lipinski definition) is 8. The van der Waals surface area contributed by atoms with Gasteiger partial charge in [-0.1, -0.05) is 55.5 Å². The number of carbonyl (C=O) groups is 1. The van der Waals surface area contributed by atoms with Crippen molar-refractivity contribution in [2.24, 2.45) is 0 Å². The van der Waals surface area contributed by atoms with E-state index in [1.54, 1.807) is 33.7 Å². The maximum atomic E-state index is 13.4. The van der Waals surface area contributed by atoms with Crippen LogP contribution in [-0.4, -0.2) is 71.5 Å². The van der Waals surface area contributed by atoms with Gasteiger partial charge in [-0.25, -0.2) is 8.42 Å². The van der Waals surface area contributed by atoms with Gasteiger partial charge in [-0.3, -0.25) is 14.5 Å². The second-order valence-corrected chi connectivity index (χ2v) is 13.6. The summed E-state index contributed by atoms with van der Waals surface area (Å²) in [4.78, 5) is 28.6. The molecule has 4 aromatic rings. The molecule has 0 amide bonds. The summed E-state index contributed by atoms with van der Waals surface area (Å²) in [7, 11) is -4.36. The third-order valence-electron chi connectivity index (χ3n) is 8.01. The van der Waals surface area contributed by atoms with Gasteiger partial charge in [-0.05, 0) is 64.8 Å². The number of rotatable bonds is 15. The monoisotopic (exact) mass is 677 g/mol. The zero-order chi connectivity index (χ0) is 35.4. The summed E-state index contributed by atoms with van der Waals surface area (Å²) < 4.78 is 34.7. The zero-order valence-electron chi connectivity index (χ0n) is 28.4. The van der Waals surface area contributed by atoms with Gasteiger partial charge in [-0.15, -0.1) is 4.58 Å². The van der Waals surface area contributed by atoms with Crippen molar-refractivity contribution >= 4 is 33.1 Å². The number of benzene rings is 3. The van der Waals surface area contributed by atoms with Gasteiger partial charge in [0.2, 0.25) is 17.1 Å². The minimum absolute atomic E-state index is 0.0539. The summed E-state index contributed by atoms with van der Waals surface area (Å²) in [5.74, 6) is -1.59. The van der Waals surface area contributed by atoms with Gasteiger partial charge in [0.1, 0.15) is 0 Å². The van der Waals surface area contributed by atoms with Crippen LogP contribution in [0, 0.1) is 0 Å². The Morgan fingerprint density at radius 3 is 1.73 bits per heavy atom. The normalized spacial score (nSPS) is 11.5. The first-order valence-corrected chi connectivity index (χ1v) is 17.8. The Hall–Kier alpha value is -4.32. The first-order valence-electron chi connectivity index (χ1n) is 16.3. The highest BCUT2D eigenvalue weighted by atomic mass is 32.2. The maximum Gasteiger partial charge on any atom is 0.303 e. The van der Waals surface area contributed by atoms with Gasteiger partial charge in [0.25, 0.3) is 5.43 Å². The van der Waals surface area contributed by atoms with E-state index >= 15 is 0 Å². The molecule has 0 aliphatic heterocycles. The van der Waals surface area contributed by atoms with E-state index < -0.39 is 21.8 Å². The molecule has 0 aliphatic carbocycles. The molecule has 0 atom stereocenters. The van der Waals surface area contributed by atoms with Crippen molar-refractivity contribution in [1.29, 1.82) is 0 Å². The lowest BCUT2D eigenvalue weighted by Gasteiger charge is -2.28. The number of anilines is 1. The van der Waals surface area contributed by atoms with E-state index in [0.717, 1.165) is 17.9 Å². The number of carboxylic acids is 1. The Morgan fingerprint density at radius 1 is 0.833 bits per heavy atom. The highest BCUT2D eigenvalue weighted by Crippen LogP contribution is 2.29. The molecule has 0 aromatic heterocycles. The average molecular weight is 678 g/mol. The number of aromatic hydroxyl groups is 1. The minimum atomic E-state index is -4.36. The Labute approximate surface area is 283 Å². The largest absolute Gasteiger partial charge is 0.748 e. The molecule has 0 saturated carbocycles. The fourth-order valence-electron chi connectivity index (χ4n) is 5.81. The van der Waals surface area contributed by atoms with Crippen molar-refractivity contribution in [3.05, 3.63) is 101 Å². The Balaban J connectivity index is 0.000000609. The van der Waals surface area contributed by atoms with Crippen LogP contribution in [0.15, 0.2) is 89.7 Å². The molecule has 48 heavy (non-hydrogen) atoms. The Bertz CT molecular complexity index is 1750. The molecular weight excluding hydrogens is 630 g/mol. The standard InChI is InChI=1S/C29H28N2O7S.C8H19N/c32-25(33)13-7-18-30(19-8-20-39(36,37)38)22-16-14-21(15-17-22)26-28(34)27(29(26)35)31(23-9-3-1-4-10-23)24-11-5-2-6-12-24;1-6-9(7(2)3)8(4)5/h1-6,9-12,14-17H,7-8,13,18-20H2,(H2-,32,33,34,35,36,37,38);7-8H,6H2,1-5H3. The molecule has 258 valence electrons. The summed E-state index contributed by atoms with van der Waals surface area (Å²) >= 11 is 0. The number of carboxylic acid groups (broad SMARTS) is 1. The molecular formula is C37H47N3O7S. The molecule has 0 radical (unpaired) electrons. The second kappa shape index (κ2) is 17.7. The van der Waals surface area contributed by atoms with E-state index in [-0.39, 0.29) is 41.5 Å². The summed E-state index contributed by atoms with van der Waals surface area (Å²) in [6.45, 7) is 12.9. The summed E-state index contributed by atoms with van der Waals surface area (Å²) in [6, 6.07) is 26.7. The first-order chi connectivity index (χ1) is 22.7. The van der Waals surface area contributed by atoms with Crippen molar-refractivity contribution in [3.8, 4) is 16.9 Å². The molecule has 0 spiro atoms. The van der Waals surface area contributed by atoms with Gasteiger partial charge in [-0.2, -0.15) is 0 Å². The highest BCUT2D eigenvalue weighted by molar-refractivity contribution is 7.85. The van der Waals surface area contributed by atoms with Crippen molar-refractivity contribution in [2.45, 2.75) is 66.0 Å². The quantitative estimate of drug-likeness (QED) is 0.124. The third-order valence-corrected chi connectivity index (χ3v) is 8.80. The molecule has 0 saturated heterocycles. The third kappa shape index (κ3) is 10.6. The smallest absolute Gasteiger partial charge is 0.303 e. The van der Waals surface area contributed by atoms with Crippen molar-refractivity contribution in [2.75, 3.05) is 30.3 Å². The SMILES string of the molecule is CCN(C(C)C)C(C)C.O=C(O)CCCN(CCCS(=O)(=O)[O-])c1ccc(-c2c(O)c(=[N+](c3ccccc3)c3ccccc3)c2=O)cc1. The van der Waals surface area contributed by atoms with Gasteiger partial charge in [0.15, 0.2) is 0 Å². The van der Waals surface area contributed by atoms with Gasteiger partial charge >= 0.3 is 11.3 Å². The molecule has 0 bridgehead atoms. The van der Waals surface area contributed by atoms with Crippen LogP contribution < -0.4 is 20.3 Å². The summed E-state index contributed by atoms with van der Waals surface area (Å²) in [5.41, 5.74) is 2.52. The lowest BCUT2D eigenvalue weighted by atomic mass is 9.98. The fourth-order valence-corrected chi connectivity index (χ4v) is 6.30. The predicted molar refractivity (Wildman–Crippen MR) is 191 cm³/mol. The summed E-state index contributed by atoms with van der Waals surface area (Å²) in [5, 5.41) is 20.2. The van der Waals surface area contributed by atoms with E-state index in [0.29, 0.717) is 36.3 Å². The van der Waals surface area contributed by atoms with Crippen molar-refractivity contribution in [3.63, 3.8) is 0 Å². The van der Waals surface area contributed by atoms with Crippen LogP contribution in [0.1, 0.15) is 53.9 Å². The van der Waals surface area contributed by atoms with Crippen LogP contribution in [0.3, 0.4) is 0 Å². The van der Waals surface area contributed by atoms with Crippen LogP contribution in [0.4, 0.5) is 17.1 Å². The lowest BCUT2D eigenvalue weighted by Crippen LogP contribution is -2.41. The minimum Gasteiger partial charge on any atom is -0.748 e. The highest BCUT2D eigenvalue weighted by Gasteiger charge is 2.30. The topological polar surface area (TPSA) is 141 Å². The van der Waals surface area contributed by atoms with Crippen LogP contribution >= 0.6 is 0 Å². The van der Waals surface area contributed by atoms with E-state index in [1.807, 2.05) is 60.7 Å². The Kier molecular flexibility index (Phi) is 14.1. The van der Waals surface area contributed by atoms with E-state index in [2.05, 4.69) is 39.5 Å². The number of nitrogens with zero attached hydrogens (tertiary/aromatic N) is 3. The predicted octanol–water partition coefficient (Wildman–Crippen LogP) is 5.46. The maximum absolute atomic E-state index is 13.4. The number of para-hydroxylation sites is 2. The molecule has 11 heteroatoms. The molecule has 4 rings (SSSR count). The zero-order valence-corrected chi connectivity index (χ0v) is 29.2. The number of hydrogen-bond donors (Lipinski definition) is 2. The van der Waals surface area contributed by atoms with Gasteiger partial charge in [0.05, 0.1) is 15.7 Å². The first kappa shape index (κ1) is 38.1. The molecule has 0 heterocycles. The molecule has 0 aliphatic rings. The summed E-state index contributed by atoms with van der Waals surface area (Å²) in [6.07, 6.45) is 0.374. The van der Waals surface area contributed by atoms with Crippen LogP contribution in [0.5, 0.6) is 5.75 Å². The lowest BCUT2D eigenvalue weighted by molar-refractivity contribution is -0.137. The van der Waals surface area contributed by atoms with Gasteiger partial charge in [0, 0.05) is 67.3 Å². The molecule has 4 aromatic carbocycles. The van der Waals surface area contributed by atoms with Crippen molar-refractivity contribution in [1.82, 2.24) is 9.48 Å². The molecule has 0 fully saturated rings. The fraction of sp³-hybridized carbons (Fsp3) is 0.378. The van der Waals surface area contributed by atoms with Gasteiger partial charge < -0.3 is 19.7 Å². The molecule has 0 unspecified atom stereocenters. The van der Waals surface area contributed by atoms with Crippen LogP contribution in [0.25, 0.3) is 11.1 Å². The van der Waals surface area contributed by atoms with E-state index in [9.17, 15) is 27.7 Å². The second-order valence-electron chi connectivity index (χ2n) is 12.1. The van der Waals surface area contributed by atoms with Crippen LogP contribution in [-0.2, 0) is 14.9 Å². The Morgan fingerprint density at radius 2 is 1.33 bits per heavy atom. The molecule has 10 nitrogen and oxygen atoms in total.